The molecule has 4 rings (SSSR count). The third-order valence-electron chi connectivity index (χ3n) is 4.52. The SMILES string of the molecule is O=C(c1ccc(Oc2ccccc2)cc1)N1CCC(Oc2ncccc2Br)C1. The first-order chi connectivity index (χ1) is 13.7. The predicted octanol–water partition coefficient (Wildman–Crippen LogP) is 4.93. The molecular formula is C22H19BrN2O3. The van der Waals surface area contributed by atoms with Crippen LogP contribution in [-0.2, 0) is 0 Å². The van der Waals surface area contributed by atoms with Gasteiger partial charge in [-0.3, -0.25) is 4.79 Å². The third-order valence-corrected chi connectivity index (χ3v) is 5.12. The largest absolute Gasteiger partial charge is 0.472 e. The van der Waals surface area contributed by atoms with Gasteiger partial charge in [-0.05, 0) is 64.5 Å². The molecule has 1 fully saturated rings. The van der Waals surface area contributed by atoms with Gasteiger partial charge in [0.1, 0.15) is 17.6 Å². The molecule has 6 heteroatoms. The van der Waals surface area contributed by atoms with Crippen LogP contribution in [0.5, 0.6) is 17.4 Å². The predicted molar refractivity (Wildman–Crippen MR) is 110 cm³/mol. The average molecular weight is 439 g/mol. The Bertz CT molecular complexity index is 948. The Hall–Kier alpha value is -2.86. The molecule has 0 spiro atoms. The summed E-state index contributed by atoms with van der Waals surface area (Å²) in [5.74, 6) is 2.02. The summed E-state index contributed by atoms with van der Waals surface area (Å²) < 4.78 is 12.5. The summed E-state index contributed by atoms with van der Waals surface area (Å²) in [5.41, 5.74) is 0.639. The molecule has 1 amide bonds. The first kappa shape index (κ1) is 18.5. The van der Waals surface area contributed by atoms with Gasteiger partial charge in [0.2, 0.25) is 5.88 Å². The normalized spacial score (nSPS) is 16.0. The second-order valence-electron chi connectivity index (χ2n) is 6.51. The maximum atomic E-state index is 12.8. The number of ether oxygens (including phenoxy) is 2. The molecule has 1 saturated heterocycles. The monoisotopic (exact) mass is 438 g/mol. The van der Waals surface area contributed by atoms with Crippen LogP contribution in [-0.4, -0.2) is 35.0 Å². The Morgan fingerprint density at radius 2 is 1.75 bits per heavy atom. The summed E-state index contributed by atoms with van der Waals surface area (Å²) >= 11 is 3.43. The van der Waals surface area contributed by atoms with Gasteiger partial charge in [-0.15, -0.1) is 0 Å². The van der Waals surface area contributed by atoms with Crippen molar-refractivity contribution >= 4 is 21.8 Å². The van der Waals surface area contributed by atoms with E-state index < -0.39 is 0 Å². The summed E-state index contributed by atoms with van der Waals surface area (Å²) in [6, 6.07) is 20.5. The van der Waals surface area contributed by atoms with E-state index in [9.17, 15) is 4.79 Å². The molecule has 2 heterocycles. The number of carbonyl (C=O) groups is 1. The lowest BCUT2D eigenvalue weighted by Crippen LogP contribution is -2.31. The van der Waals surface area contributed by atoms with Gasteiger partial charge in [-0.25, -0.2) is 4.98 Å². The minimum Gasteiger partial charge on any atom is -0.472 e. The molecule has 5 nitrogen and oxygen atoms in total. The number of rotatable bonds is 5. The van der Waals surface area contributed by atoms with Crippen LogP contribution in [0.25, 0.3) is 0 Å². The molecule has 3 aromatic rings. The maximum absolute atomic E-state index is 12.8. The van der Waals surface area contributed by atoms with E-state index in [-0.39, 0.29) is 12.0 Å². The van der Waals surface area contributed by atoms with Crippen LogP contribution in [0.2, 0.25) is 0 Å². The standard InChI is InChI=1S/C22H19BrN2O3/c23-20-7-4-13-24-21(20)28-19-12-14-25(15-19)22(26)16-8-10-18(11-9-16)27-17-5-2-1-3-6-17/h1-11,13,19H,12,14-15H2. The van der Waals surface area contributed by atoms with Gasteiger partial charge in [0.15, 0.2) is 0 Å². The highest BCUT2D eigenvalue weighted by Crippen LogP contribution is 2.26. The Labute approximate surface area is 172 Å². The minimum atomic E-state index is -0.0594. The molecule has 1 aromatic heterocycles. The van der Waals surface area contributed by atoms with Crippen molar-refractivity contribution in [2.75, 3.05) is 13.1 Å². The quantitative estimate of drug-likeness (QED) is 0.566. The molecule has 0 radical (unpaired) electrons. The second-order valence-corrected chi connectivity index (χ2v) is 7.36. The van der Waals surface area contributed by atoms with E-state index in [0.29, 0.717) is 30.3 Å². The number of nitrogens with zero attached hydrogens (tertiary/aromatic N) is 2. The van der Waals surface area contributed by atoms with Crippen LogP contribution in [0.4, 0.5) is 0 Å². The van der Waals surface area contributed by atoms with Crippen molar-refractivity contribution in [2.45, 2.75) is 12.5 Å². The Morgan fingerprint density at radius 1 is 1.00 bits per heavy atom. The number of amides is 1. The van der Waals surface area contributed by atoms with E-state index in [1.165, 1.54) is 0 Å². The van der Waals surface area contributed by atoms with Gasteiger partial charge in [0.05, 0.1) is 11.0 Å². The topological polar surface area (TPSA) is 51.7 Å². The molecule has 0 aliphatic carbocycles. The van der Waals surface area contributed by atoms with Crippen molar-refractivity contribution in [3.8, 4) is 17.4 Å². The summed E-state index contributed by atoms with van der Waals surface area (Å²) in [4.78, 5) is 18.8. The van der Waals surface area contributed by atoms with Crippen LogP contribution >= 0.6 is 15.9 Å². The highest BCUT2D eigenvalue weighted by Gasteiger charge is 2.29. The molecule has 28 heavy (non-hydrogen) atoms. The third kappa shape index (κ3) is 4.34. The van der Waals surface area contributed by atoms with Gasteiger partial charge < -0.3 is 14.4 Å². The second kappa shape index (κ2) is 8.44. The first-order valence-corrected chi connectivity index (χ1v) is 9.88. The maximum Gasteiger partial charge on any atom is 0.253 e. The number of carbonyl (C=O) groups excluding carboxylic acids is 1. The van der Waals surface area contributed by atoms with E-state index in [1.807, 2.05) is 59.5 Å². The number of hydrogen-bond acceptors (Lipinski definition) is 4. The summed E-state index contributed by atoms with van der Waals surface area (Å²) in [6.45, 7) is 1.21. The molecule has 1 atom stereocenters. The smallest absolute Gasteiger partial charge is 0.253 e. The fourth-order valence-electron chi connectivity index (χ4n) is 3.10. The lowest BCUT2D eigenvalue weighted by molar-refractivity contribution is 0.0771. The van der Waals surface area contributed by atoms with Crippen LogP contribution < -0.4 is 9.47 Å². The van der Waals surface area contributed by atoms with Crippen molar-refractivity contribution in [3.05, 3.63) is 83.0 Å². The molecule has 1 aliphatic heterocycles. The Morgan fingerprint density at radius 3 is 2.50 bits per heavy atom. The van der Waals surface area contributed by atoms with E-state index >= 15 is 0 Å². The molecule has 0 saturated carbocycles. The fraction of sp³-hybridized carbons (Fsp3) is 0.182. The van der Waals surface area contributed by atoms with Crippen molar-refractivity contribution in [1.29, 1.82) is 0 Å². The molecule has 0 bridgehead atoms. The molecule has 142 valence electrons. The highest BCUT2D eigenvalue weighted by atomic mass is 79.9. The van der Waals surface area contributed by atoms with Gasteiger partial charge in [0, 0.05) is 24.7 Å². The van der Waals surface area contributed by atoms with Crippen molar-refractivity contribution in [3.63, 3.8) is 0 Å². The number of benzene rings is 2. The zero-order valence-corrected chi connectivity index (χ0v) is 16.7. The van der Waals surface area contributed by atoms with Crippen molar-refractivity contribution in [2.24, 2.45) is 0 Å². The lowest BCUT2D eigenvalue weighted by atomic mass is 10.2. The highest BCUT2D eigenvalue weighted by molar-refractivity contribution is 9.10. The Kier molecular flexibility index (Phi) is 5.58. The van der Waals surface area contributed by atoms with Gasteiger partial charge in [-0.2, -0.15) is 0 Å². The number of hydrogen-bond donors (Lipinski definition) is 0. The van der Waals surface area contributed by atoms with E-state index in [4.69, 9.17) is 9.47 Å². The number of para-hydroxylation sites is 1. The zero-order valence-electron chi connectivity index (χ0n) is 15.1. The summed E-state index contributed by atoms with van der Waals surface area (Å²) in [6.07, 6.45) is 2.41. The lowest BCUT2D eigenvalue weighted by Gasteiger charge is -2.17. The van der Waals surface area contributed by atoms with Crippen molar-refractivity contribution < 1.29 is 14.3 Å². The zero-order chi connectivity index (χ0) is 19.3. The minimum absolute atomic E-state index is 0.00236. The van der Waals surface area contributed by atoms with E-state index in [1.54, 1.807) is 18.3 Å². The van der Waals surface area contributed by atoms with Crippen LogP contribution in [0.3, 0.4) is 0 Å². The van der Waals surface area contributed by atoms with Crippen LogP contribution in [0.1, 0.15) is 16.8 Å². The van der Waals surface area contributed by atoms with E-state index in [0.717, 1.165) is 16.6 Å². The van der Waals surface area contributed by atoms with Crippen molar-refractivity contribution in [1.82, 2.24) is 9.88 Å². The molecule has 1 unspecified atom stereocenters. The fourth-order valence-corrected chi connectivity index (χ4v) is 3.45. The summed E-state index contributed by atoms with van der Waals surface area (Å²) in [5, 5.41) is 0. The summed E-state index contributed by atoms with van der Waals surface area (Å²) in [7, 11) is 0. The molecular weight excluding hydrogens is 420 g/mol. The first-order valence-electron chi connectivity index (χ1n) is 9.08. The number of halogens is 1. The van der Waals surface area contributed by atoms with Crippen LogP contribution in [0, 0.1) is 0 Å². The number of aromatic nitrogens is 1. The van der Waals surface area contributed by atoms with Gasteiger partial charge in [-0.1, -0.05) is 18.2 Å². The average Bonchev–Trinajstić information content (AvgIpc) is 3.19. The van der Waals surface area contributed by atoms with Crippen LogP contribution in [0.15, 0.2) is 77.4 Å². The molecule has 0 N–H and O–H groups in total. The Balaban J connectivity index is 1.36. The van der Waals surface area contributed by atoms with E-state index in [2.05, 4.69) is 20.9 Å². The molecule has 2 aromatic carbocycles. The number of pyridine rings is 1. The number of likely N-dealkylation sites (tertiary alicyclic amines) is 1. The van der Waals surface area contributed by atoms with Gasteiger partial charge >= 0.3 is 0 Å². The molecule has 1 aliphatic rings. The van der Waals surface area contributed by atoms with Gasteiger partial charge in [0.25, 0.3) is 5.91 Å².